The first-order valence-electron chi connectivity index (χ1n) is 6.45. The van der Waals surface area contributed by atoms with Crippen LogP contribution in [0, 0.1) is 5.92 Å². The molecule has 2 rings (SSSR count). The van der Waals surface area contributed by atoms with Crippen LogP contribution in [0.5, 0.6) is 0 Å². The highest BCUT2D eigenvalue weighted by atomic mass is 16.1. The van der Waals surface area contributed by atoms with E-state index in [1.165, 1.54) is 19.3 Å². The molecule has 0 bridgehead atoms. The van der Waals surface area contributed by atoms with Crippen LogP contribution in [0.1, 0.15) is 43.0 Å². The Kier molecular flexibility index (Phi) is 4.15. The molecule has 5 nitrogen and oxygen atoms in total. The van der Waals surface area contributed by atoms with Gasteiger partial charge in [0.2, 0.25) is 0 Å². The van der Waals surface area contributed by atoms with Gasteiger partial charge in [0, 0.05) is 12.2 Å². The van der Waals surface area contributed by atoms with Gasteiger partial charge in [0.05, 0.1) is 5.56 Å². The Morgan fingerprint density at radius 1 is 1.44 bits per heavy atom. The molecule has 1 aliphatic rings. The lowest BCUT2D eigenvalue weighted by Crippen LogP contribution is -2.41. The lowest BCUT2D eigenvalue weighted by molar-refractivity contribution is 0.0911. The number of hydrazine groups is 1. The number of nitrogens with two attached hydrogens (primary N) is 1. The van der Waals surface area contributed by atoms with Crippen LogP contribution in [0.15, 0.2) is 18.3 Å². The van der Waals surface area contributed by atoms with Gasteiger partial charge in [0.1, 0.15) is 0 Å². The van der Waals surface area contributed by atoms with Crippen molar-refractivity contribution in [2.45, 2.75) is 38.6 Å². The Hall–Kier alpha value is -1.62. The Bertz CT molecular complexity index is 421. The first-order chi connectivity index (χ1) is 8.72. The molecule has 5 heteroatoms. The van der Waals surface area contributed by atoms with Gasteiger partial charge in [-0.25, -0.2) is 10.8 Å². The topological polar surface area (TPSA) is 80.0 Å². The Morgan fingerprint density at radius 2 is 2.22 bits per heavy atom. The zero-order chi connectivity index (χ0) is 13.0. The third-order valence-electron chi connectivity index (χ3n) is 3.62. The van der Waals surface area contributed by atoms with Crippen molar-refractivity contribution >= 4 is 11.7 Å². The molecule has 18 heavy (non-hydrogen) atoms. The van der Waals surface area contributed by atoms with Crippen LogP contribution in [0.25, 0.3) is 0 Å². The maximum absolute atomic E-state index is 12.2. The van der Waals surface area contributed by atoms with Gasteiger partial charge in [-0.15, -0.1) is 0 Å². The van der Waals surface area contributed by atoms with Gasteiger partial charge in [-0.2, -0.15) is 0 Å². The number of nitrogen functional groups attached to an aromatic ring is 1. The number of nitrogens with one attached hydrogen (secondary N) is 2. The fourth-order valence-corrected chi connectivity index (χ4v) is 2.48. The van der Waals surface area contributed by atoms with E-state index < -0.39 is 0 Å². The van der Waals surface area contributed by atoms with Crippen molar-refractivity contribution in [3.8, 4) is 0 Å². The SMILES string of the molecule is CC1CCCCC1NC(=O)c1cccnc1NN. The van der Waals surface area contributed by atoms with Crippen molar-refractivity contribution in [1.82, 2.24) is 10.3 Å². The summed E-state index contributed by atoms with van der Waals surface area (Å²) < 4.78 is 0. The molecule has 0 spiro atoms. The van der Waals surface area contributed by atoms with Gasteiger partial charge in [-0.1, -0.05) is 19.8 Å². The highest BCUT2D eigenvalue weighted by Crippen LogP contribution is 2.24. The number of aromatic nitrogens is 1. The van der Waals surface area contributed by atoms with Crippen LogP contribution in [0.3, 0.4) is 0 Å². The van der Waals surface area contributed by atoms with Crippen LogP contribution < -0.4 is 16.6 Å². The minimum atomic E-state index is -0.102. The number of rotatable bonds is 3. The highest BCUT2D eigenvalue weighted by molar-refractivity contribution is 5.98. The number of carbonyl (C=O) groups excluding carboxylic acids is 1. The van der Waals surface area contributed by atoms with Gasteiger partial charge in [0.25, 0.3) is 5.91 Å². The summed E-state index contributed by atoms with van der Waals surface area (Å²) in [7, 11) is 0. The molecule has 1 aromatic rings. The molecule has 1 aromatic heterocycles. The third kappa shape index (κ3) is 2.79. The number of pyridine rings is 1. The molecule has 1 heterocycles. The zero-order valence-electron chi connectivity index (χ0n) is 10.6. The molecule has 0 aromatic carbocycles. The molecule has 1 aliphatic carbocycles. The Morgan fingerprint density at radius 3 is 2.94 bits per heavy atom. The second kappa shape index (κ2) is 5.82. The van der Waals surface area contributed by atoms with E-state index in [2.05, 4.69) is 22.7 Å². The third-order valence-corrected chi connectivity index (χ3v) is 3.62. The van der Waals surface area contributed by atoms with E-state index in [0.29, 0.717) is 17.3 Å². The van der Waals surface area contributed by atoms with Gasteiger partial charge in [-0.05, 0) is 30.9 Å². The molecule has 2 unspecified atom stereocenters. The minimum absolute atomic E-state index is 0.102. The van der Waals surface area contributed by atoms with E-state index in [4.69, 9.17) is 5.84 Å². The predicted octanol–water partition coefficient (Wildman–Crippen LogP) is 1.68. The Labute approximate surface area is 107 Å². The smallest absolute Gasteiger partial charge is 0.255 e. The van der Waals surface area contributed by atoms with Crippen LogP contribution in [-0.4, -0.2) is 16.9 Å². The maximum Gasteiger partial charge on any atom is 0.255 e. The molecule has 0 radical (unpaired) electrons. The van der Waals surface area contributed by atoms with Crippen molar-refractivity contribution in [2.75, 3.05) is 5.43 Å². The molecule has 0 saturated heterocycles. The molecule has 2 atom stereocenters. The largest absolute Gasteiger partial charge is 0.349 e. The zero-order valence-corrected chi connectivity index (χ0v) is 10.6. The van der Waals surface area contributed by atoms with Gasteiger partial charge >= 0.3 is 0 Å². The monoisotopic (exact) mass is 248 g/mol. The number of amides is 1. The fraction of sp³-hybridized carbons (Fsp3) is 0.538. The van der Waals surface area contributed by atoms with Crippen LogP contribution >= 0.6 is 0 Å². The molecular weight excluding hydrogens is 228 g/mol. The molecule has 0 aliphatic heterocycles. The summed E-state index contributed by atoms with van der Waals surface area (Å²) in [5, 5.41) is 3.09. The summed E-state index contributed by atoms with van der Waals surface area (Å²) in [5.74, 6) is 6.21. The Balaban J connectivity index is 2.07. The maximum atomic E-state index is 12.2. The lowest BCUT2D eigenvalue weighted by atomic mass is 9.86. The fourth-order valence-electron chi connectivity index (χ4n) is 2.48. The van der Waals surface area contributed by atoms with Crippen molar-refractivity contribution in [3.63, 3.8) is 0 Å². The molecule has 1 amide bonds. The highest BCUT2D eigenvalue weighted by Gasteiger charge is 2.24. The number of hydrogen-bond donors (Lipinski definition) is 3. The molecule has 4 N–H and O–H groups in total. The van der Waals surface area contributed by atoms with E-state index >= 15 is 0 Å². The average molecular weight is 248 g/mol. The van der Waals surface area contributed by atoms with Crippen molar-refractivity contribution in [1.29, 1.82) is 0 Å². The van der Waals surface area contributed by atoms with Gasteiger partial charge in [0.15, 0.2) is 5.82 Å². The predicted molar refractivity (Wildman–Crippen MR) is 70.9 cm³/mol. The second-order valence-corrected chi connectivity index (χ2v) is 4.89. The number of nitrogens with zero attached hydrogens (tertiary/aromatic N) is 1. The van der Waals surface area contributed by atoms with Gasteiger partial charge in [-0.3, -0.25) is 4.79 Å². The van der Waals surface area contributed by atoms with Crippen molar-refractivity contribution in [2.24, 2.45) is 11.8 Å². The van der Waals surface area contributed by atoms with E-state index in [-0.39, 0.29) is 11.9 Å². The number of carbonyl (C=O) groups is 1. The van der Waals surface area contributed by atoms with Crippen LogP contribution in [-0.2, 0) is 0 Å². The van der Waals surface area contributed by atoms with Crippen LogP contribution in [0.2, 0.25) is 0 Å². The van der Waals surface area contributed by atoms with E-state index in [9.17, 15) is 4.79 Å². The van der Waals surface area contributed by atoms with E-state index in [0.717, 1.165) is 6.42 Å². The molecule has 1 fully saturated rings. The van der Waals surface area contributed by atoms with E-state index in [1.54, 1.807) is 18.3 Å². The summed E-state index contributed by atoms with van der Waals surface area (Å²) in [6, 6.07) is 3.72. The number of anilines is 1. The quantitative estimate of drug-likeness (QED) is 0.561. The summed E-state index contributed by atoms with van der Waals surface area (Å²) in [5.41, 5.74) is 2.95. The summed E-state index contributed by atoms with van der Waals surface area (Å²) >= 11 is 0. The normalized spacial score (nSPS) is 23.4. The summed E-state index contributed by atoms with van der Waals surface area (Å²) in [4.78, 5) is 16.2. The standard InChI is InChI=1S/C13H20N4O/c1-9-5-2-3-7-11(9)16-13(18)10-6-4-8-15-12(10)17-14/h4,6,8-9,11H,2-3,5,7,14H2,1H3,(H,15,17)(H,16,18). The van der Waals surface area contributed by atoms with E-state index in [1.807, 2.05) is 0 Å². The molecule has 1 saturated carbocycles. The van der Waals surface area contributed by atoms with Crippen molar-refractivity contribution in [3.05, 3.63) is 23.9 Å². The second-order valence-electron chi connectivity index (χ2n) is 4.89. The van der Waals surface area contributed by atoms with Gasteiger partial charge < -0.3 is 10.7 Å². The summed E-state index contributed by atoms with van der Waals surface area (Å²) in [6.45, 7) is 2.19. The van der Waals surface area contributed by atoms with Crippen molar-refractivity contribution < 1.29 is 4.79 Å². The van der Waals surface area contributed by atoms with Crippen LogP contribution in [0.4, 0.5) is 5.82 Å². The number of hydrogen-bond acceptors (Lipinski definition) is 4. The summed E-state index contributed by atoms with van der Waals surface area (Å²) in [6.07, 6.45) is 6.29. The molecule has 98 valence electrons. The first-order valence-corrected chi connectivity index (χ1v) is 6.45. The average Bonchev–Trinajstić information content (AvgIpc) is 2.41. The first kappa shape index (κ1) is 12.8. The molecular formula is C13H20N4O. The lowest BCUT2D eigenvalue weighted by Gasteiger charge is -2.29. The minimum Gasteiger partial charge on any atom is -0.349 e.